The van der Waals surface area contributed by atoms with Crippen LogP contribution >= 0.6 is 0 Å². The number of carbonyl (C=O) groups excluding carboxylic acids is 1. The Labute approximate surface area is 106 Å². The number of hydrogen-bond donors (Lipinski definition) is 2. The molecule has 0 aromatic rings. The molecule has 4 atom stereocenters. The van der Waals surface area contributed by atoms with Gasteiger partial charge in [-0.05, 0) is 20.3 Å². The molecule has 0 aliphatic carbocycles. The molecule has 102 valence electrons. The number of rotatable bonds is 3. The average molecular weight is 257 g/mol. The highest BCUT2D eigenvalue weighted by Gasteiger charge is 2.48. The third-order valence-corrected chi connectivity index (χ3v) is 3.83. The minimum absolute atomic E-state index is 0.0893. The molecule has 2 fully saturated rings. The van der Waals surface area contributed by atoms with E-state index in [1.54, 1.807) is 6.92 Å². The van der Waals surface area contributed by atoms with E-state index in [1.807, 2.05) is 6.92 Å². The largest absolute Gasteiger partial charge is 0.481 e. The van der Waals surface area contributed by atoms with Gasteiger partial charge in [0.25, 0.3) is 0 Å². The molecule has 0 radical (unpaired) electrons. The second kappa shape index (κ2) is 4.85. The van der Waals surface area contributed by atoms with E-state index in [2.05, 4.69) is 5.32 Å². The zero-order chi connectivity index (χ0) is 13.3. The van der Waals surface area contributed by atoms with Gasteiger partial charge >= 0.3 is 5.97 Å². The van der Waals surface area contributed by atoms with Crippen molar-refractivity contribution in [3.63, 3.8) is 0 Å². The number of ether oxygens (including phenoxy) is 2. The zero-order valence-electron chi connectivity index (χ0n) is 10.6. The van der Waals surface area contributed by atoms with Gasteiger partial charge in [0.2, 0.25) is 5.91 Å². The first-order valence-electron chi connectivity index (χ1n) is 6.16. The summed E-state index contributed by atoms with van der Waals surface area (Å²) in [6.07, 6.45) is 0.773. The van der Waals surface area contributed by atoms with Gasteiger partial charge < -0.3 is 19.9 Å². The molecule has 6 nitrogen and oxygen atoms in total. The quantitative estimate of drug-likeness (QED) is 0.744. The maximum absolute atomic E-state index is 12.0. The fraction of sp³-hybridized carbons (Fsp3) is 0.833. The molecular weight excluding hydrogens is 238 g/mol. The maximum Gasteiger partial charge on any atom is 0.313 e. The fourth-order valence-electron chi connectivity index (χ4n) is 2.37. The third kappa shape index (κ3) is 2.35. The van der Waals surface area contributed by atoms with Gasteiger partial charge in [0.15, 0.2) is 0 Å². The van der Waals surface area contributed by atoms with E-state index in [-0.39, 0.29) is 31.1 Å². The summed E-state index contributed by atoms with van der Waals surface area (Å²) >= 11 is 0. The van der Waals surface area contributed by atoms with Crippen LogP contribution in [0.1, 0.15) is 20.3 Å². The van der Waals surface area contributed by atoms with E-state index < -0.39 is 17.4 Å². The van der Waals surface area contributed by atoms with Gasteiger partial charge in [0.1, 0.15) is 5.41 Å². The number of amides is 1. The van der Waals surface area contributed by atoms with Crippen molar-refractivity contribution in [1.29, 1.82) is 0 Å². The number of carboxylic acid groups (broad SMARTS) is 1. The lowest BCUT2D eigenvalue weighted by Gasteiger charge is -2.26. The first kappa shape index (κ1) is 13.3. The molecule has 0 saturated carbocycles. The van der Waals surface area contributed by atoms with Crippen molar-refractivity contribution in [3.8, 4) is 0 Å². The number of hydrogen-bond acceptors (Lipinski definition) is 4. The number of aliphatic carboxylic acids is 1. The molecule has 1 amide bonds. The van der Waals surface area contributed by atoms with Gasteiger partial charge in [0, 0.05) is 0 Å². The Bertz CT molecular complexity index is 358. The normalized spacial score (nSPS) is 39.8. The van der Waals surface area contributed by atoms with E-state index in [0.29, 0.717) is 13.0 Å². The van der Waals surface area contributed by atoms with Crippen LogP contribution in [0.4, 0.5) is 0 Å². The van der Waals surface area contributed by atoms with Crippen molar-refractivity contribution in [2.24, 2.45) is 11.3 Å². The minimum Gasteiger partial charge on any atom is -0.481 e. The molecular formula is C12H19NO5. The second-order valence-electron chi connectivity index (χ2n) is 5.38. The van der Waals surface area contributed by atoms with Crippen LogP contribution in [-0.4, -0.2) is 48.9 Å². The summed E-state index contributed by atoms with van der Waals surface area (Å²) < 4.78 is 10.5. The maximum atomic E-state index is 12.0. The summed E-state index contributed by atoms with van der Waals surface area (Å²) in [6.45, 7) is 4.31. The van der Waals surface area contributed by atoms with Crippen LogP contribution in [0.25, 0.3) is 0 Å². The van der Waals surface area contributed by atoms with E-state index >= 15 is 0 Å². The summed E-state index contributed by atoms with van der Waals surface area (Å²) in [7, 11) is 0. The third-order valence-electron chi connectivity index (χ3n) is 3.83. The van der Waals surface area contributed by atoms with Crippen molar-refractivity contribution >= 4 is 11.9 Å². The Hall–Kier alpha value is -1.14. The predicted molar refractivity (Wildman–Crippen MR) is 62.0 cm³/mol. The lowest BCUT2D eigenvalue weighted by Crippen LogP contribution is -2.51. The molecule has 6 heteroatoms. The van der Waals surface area contributed by atoms with E-state index in [9.17, 15) is 14.7 Å². The van der Waals surface area contributed by atoms with Crippen molar-refractivity contribution in [1.82, 2.24) is 5.32 Å². The predicted octanol–water partition coefficient (Wildman–Crippen LogP) is 0.0173. The molecule has 2 aliphatic heterocycles. The molecule has 2 saturated heterocycles. The summed E-state index contributed by atoms with van der Waals surface area (Å²) in [5.41, 5.74) is -1.04. The average Bonchev–Trinajstić information content (AvgIpc) is 2.87. The Morgan fingerprint density at radius 3 is 2.67 bits per heavy atom. The first-order chi connectivity index (χ1) is 8.43. The zero-order valence-corrected chi connectivity index (χ0v) is 10.6. The van der Waals surface area contributed by atoms with Crippen LogP contribution < -0.4 is 5.32 Å². The molecule has 0 bridgehead atoms. The minimum atomic E-state index is -1.04. The SMILES string of the molecule is CC1CC(C(=O)NC2COCC2(C)C(=O)O)CO1. The van der Waals surface area contributed by atoms with Crippen molar-refractivity contribution < 1.29 is 24.2 Å². The van der Waals surface area contributed by atoms with Crippen LogP contribution in [0, 0.1) is 11.3 Å². The van der Waals surface area contributed by atoms with Gasteiger partial charge in [-0.15, -0.1) is 0 Å². The van der Waals surface area contributed by atoms with Gasteiger partial charge in [-0.2, -0.15) is 0 Å². The van der Waals surface area contributed by atoms with Crippen LogP contribution in [-0.2, 0) is 19.1 Å². The summed E-state index contributed by atoms with van der Waals surface area (Å²) in [5, 5.41) is 12.0. The summed E-state index contributed by atoms with van der Waals surface area (Å²) in [6, 6.07) is -0.474. The summed E-state index contributed by atoms with van der Waals surface area (Å²) in [5.74, 6) is -1.26. The molecule has 0 aromatic carbocycles. The fourth-order valence-corrected chi connectivity index (χ4v) is 2.37. The van der Waals surface area contributed by atoms with Crippen molar-refractivity contribution in [2.75, 3.05) is 19.8 Å². The molecule has 18 heavy (non-hydrogen) atoms. The van der Waals surface area contributed by atoms with E-state index in [0.717, 1.165) is 0 Å². The molecule has 0 aromatic heterocycles. The monoisotopic (exact) mass is 257 g/mol. The topological polar surface area (TPSA) is 84.9 Å². The van der Waals surface area contributed by atoms with Gasteiger partial charge in [0.05, 0.1) is 37.9 Å². The molecule has 4 unspecified atom stereocenters. The number of nitrogens with one attached hydrogen (secondary N) is 1. The Morgan fingerprint density at radius 2 is 2.11 bits per heavy atom. The smallest absolute Gasteiger partial charge is 0.313 e. The molecule has 2 aliphatic rings. The Morgan fingerprint density at radius 1 is 1.39 bits per heavy atom. The van der Waals surface area contributed by atoms with Gasteiger partial charge in [-0.1, -0.05) is 0 Å². The number of carbonyl (C=O) groups is 2. The van der Waals surface area contributed by atoms with Crippen LogP contribution in [0.3, 0.4) is 0 Å². The standard InChI is InChI=1S/C12H19NO5/c1-7-3-8(4-18-7)10(14)13-9-5-17-6-12(9,2)11(15)16/h7-9H,3-6H2,1-2H3,(H,13,14)(H,15,16). The highest BCUT2D eigenvalue weighted by atomic mass is 16.5. The lowest BCUT2D eigenvalue weighted by atomic mass is 9.85. The highest BCUT2D eigenvalue weighted by Crippen LogP contribution is 2.29. The van der Waals surface area contributed by atoms with Crippen LogP contribution in [0.5, 0.6) is 0 Å². The van der Waals surface area contributed by atoms with Gasteiger partial charge in [-0.25, -0.2) is 0 Å². The highest BCUT2D eigenvalue weighted by molar-refractivity contribution is 5.82. The van der Waals surface area contributed by atoms with Crippen LogP contribution in [0.15, 0.2) is 0 Å². The van der Waals surface area contributed by atoms with Crippen LogP contribution in [0.2, 0.25) is 0 Å². The Kier molecular flexibility index (Phi) is 3.59. The molecule has 2 heterocycles. The Balaban J connectivity index is 1.96. The molecule has 2 N–H and O–H groups in total. The van der Waals surface area contributed by atoms with E-state index in [4.69, 9.17) is 9.47 Å². The molecule has 0 spiro atoms. The van der Waals surface area contributed by atoms with Gasteiger partial charge in [-0.3, -0.25) is 9.59 Å². The summed E-state index contributed by atoms with van der Waals surface area (Å²) in [4.78, 5) is 23.3. The van der Waals surface area contributed by atoms with E-state index in [1.165, 1.54) is 0 Å². The first-order valence-corrected chi connectivity index (χ1v) is 6.16. The van der Waals surface area contributed by atoms with Crippen molar-refractivity contribution in [2.45, 2.75) is 32.4 Å². The van der Waals surface area contributed by atoms with Crippen molar-refractivity contribution in [3.05, 3.63) is 0 Å². The number of carboxylic acids is 1. The second-order valence-corrected chi connectivity index (χ2v) is 5.38. The molecule has 2 rings (SSSR count). The lowest BCUT2D eigenvalue weighted by molar-refractivity contribution is -0.149.